The highest BCUT2D eigenvalue weighted by Crippen LogP contribution is 2.38. The zero-order chi connectivity index (χ0) is 23.2. The number of aryl methyl sites for hydroxylation is 1. The molecular weight excluding hydrogens is 460 g/mol. The number of hydrogen-bond donors (Lipinski definition) is 2. The lowest BCUT2D eigenvalue weighted by atomic mass is 10.0. The van der Waals surface area contributed by atoms with E-state index in [1.165, 1.54) is 31.5 Å². The van der Waals surface area contributed by atoms with Gasteiger partial charge in [0, 0.05) is 32.2 Å². The van der Waals surface area contributed by atoms with Crippen molar-refractivity contribution < 1.29 is 28.2 Å². The number of halogens is 2. The van der Waals surface area contributed by atoms with Gasteiger partial charge in [0.2, 0.25) is 0 Å². The van der Waals surface area contributed by atoms with E-state index >= 15 is 0 Å². The van der Waals surface area contributed by atoms with Crippen molar-refractivity contribution >= 4 is 55.5 Å². The molecule has 4 aromatic rings. The molecule has 0 aliphatic carbocycles. The van der Waals surface area contributed by atoms with Crippen LogP contribution in [0.1, 0.15) is 25.7 Å². The second-order valence-electron chi connectivity index (χ2n) is 6.81. The molecule has 7 nitrogen and oxygen atoms in total. The minimum Gasteiger partial charge on any atom is -0.478 e. The van der Waals surface area contributed by atoms with Gasteiger partial charge in [-0.25, -0.2) is 18.6 Å². The number of carbonyl (C=O) groups excluding carboxylic acids is 1. The average molecular weight is 474 g/mol. The number of amides is 1. The predicted molar refractivity (Wildman–Crippen MR) is 118 cm³/mol. The average Bonchev–Trinajstić information content (AvgIpc) is 3.36. The lowest BCUT2D eigenvalue weighted by Crippen LogP contribution is -2.13. The van der Waals surface area contributed by atoms with Crippen LogP contribution in [0.5, 0.6) is 0 Å². The van der Waals surface area contributed by atoms with Gasteiger partial charge in [0.05, 0.1) is 5.52 Å². The molecule has 11 heteroatoms. The number of aromatic nitrogens is 1. The molecule has 0 atom stereocenters. The van der Waals surface area contributed by atoms with E-state index in [-0.39, 0.29) is 32.3 Å². The number of thiophene rings is 1. The smallest absolute Gasteiger partial charge is 0.339 e. The van der Waals surface area contributed by atoms with Crippen molar-refractivity contribution in [3.05, 3.63) is 68.4 Å². The molecule has 0 saturated carbocycles. The molecule has 32 heavy (non-hydrogen) atoms. The number of benzene rings is 2. The zero-order valence-electron chi connectivity index (χ0n) is 16.6. The minimum atomic E-state index is -1.41. The maximum atomic E-state index is 14.5. The standard InChI is InChI=1S/C21H13F2N3O4S2/c1-9-6-7-10(16(23)15(9)22)11-8-31-19(14(11)21(28)29)25-18(27)20-24-12-4-3-5-13(26(2)30)17(12)32-20/h3-8H,1-2H3,(H-,25,27,28,29)/p+1. The molecule has 2 N–H and O–H groups in total. The number of nitrogens with zero attached hydrogens (tertiary/aromatic N) is 2. The molecule has 0 bridgehead atoms. The van der Waals surface area contributed by atoms with Gasteiger partial charge in [0.1, 0.15) is 15.3 Å². The monoisotopic (exact) mass is 474 g/mol. The van der Waals surface area contributed by atoms with E-state index in [0.29, 0.717) is 20.7 Å². The van der Waals surface area contributed by atoms with Crippen molar-refractivity contribution in [1.29, 1.82) is 0 Å². The summed E-state index contributed by atoms with van der Waals surface area (Å²) >= 11 is 1.86. The summed E-state index contributed by atoms with van der Waals surface area (Å²) in [6, 6.07) is 7.52. The van der Waals surface area contributed by atoms with E-state index in [1.54, 1.807) is 18.2 Å². The SMILES string of the molecule is Cc1ccc(-c2csc(NC(=O)c3nc4cccc([N+](C)=O)c4s3)c2C(=O)O)c(F)c1F. The van der Waals surface area contributed by atoms with Crippen molar-refractivity contribution in [2.45, 2.75) is 6.92 Å². The third kappa shape index (κ3) is 3.65. The number of thiazole rings is 1. The van der Waals surface area contributed by atoms with Crippen molar-refractivity contribution in [2.24, 2.45) is 0 Å². The first kappa shape index (κ1) is 21.7. The molecule has 4 rings (SSSR count). The van der Waals surface area contributed by atoms with E-state index in [9.17, 15) is 28.4 Å². The predicted octanol–water partition coefficient (Wildman–Crippen LogP) is 5.60. The number of anilines is 1. The second-order valence-corrected chi connectivity index (χ2v) is 8.69. The molecule has 0 radical (unpaired) electrons. The number of nitrogens with one attached hydrogen (secondary N) is 1. The number of nitroso groups, excluding NO2 is 1. The Labute approximate surface area is 187 Å². The Balaban J connectivity index is 1.73. The fourth-order valence-electron chi connectivity index (χ4n) is 3.15. The molecule has 1 amide bonds. The lowest BCUT2D eigenvalue weighted by Gasteiger charge is -2.07. The van der Waals surface area contributed by atoms with Gasteiger partial charge in [-0.3, -0.25) is 4.79 Å². The molecule has 2 aromatic carbocycles. The van der Waals surface area contributed by atoms with E-state index in [4.69, 9.17) is 0 Å². The Kier molecular flexibility index (Phi) is 5.53. The zero-order valence-corrected chi connectivity index (χ0v) is 18.2. The van der Waals surface area contributed by atoms with Crippen molar-refractivity contribution in [3.8, 4) is 11.1 Å². The Hall–Kier alpha value is -3.57. The van der Waals surface area contributed by atoms with Gasteiger partial charge < -0.3 is 10.4 Å². The van der Waals surface area contributed by atoms with Crippen LogP contribution >= 0.6 is 22.7 Å². The van der Waals surface area contributed by atoms with E-state index in [1.807, 2.05) is 0 Å². The molecule has 2 aromatic heterocycles. The largest absolute Gasteiger partial charge is 0.478 e. The molecule has 0 aliphatic heterocycles. The molecule has 0 spiro atoms. The van der Waals surface area contributed by atoms with Crippen molar-refractivity contribution in [1.82, 2.24) is 4.98 Å². The van der Waals surface area contributed by atoms with Crippen LogP contribution in [-0.4, -0.2) is 33.8 Å². The molecule has 0 unspecified atom stereocenters. The number of rotatable bonds is 5. The second kappa shape index (κ2) is 8.17. The van der Waals surface area contributed by atoms with Crippen LogP contribution in [0.2, 0.25) is 0 Å². The topological polar surface area (TPSA) is 99.4 Å². The molecule has 0 saturated heterocycles. The number of carboxylic acids is 1. The maximum Gasteiger partial charge on any atom is 0.339 e. The number of fused-ring (bicyclic) bond motifs is 1. The molecule has 162 valence electrons. The van der Waals surface area contributed by atoms with Gasteiger partial charge in [0.15, 0.2) is 23.7 Å². The Morgan fingerprint density at radius 1 is 1.12 bits per heavy atom. The number of hydrogen-bond acceptors (Lipinski definition) is 6. The molecule has 0 aliphatic rings. The van der Waals surface area contributed by atoms with Crippen molar-refractivity contribution in [3.63, 3.8) is 0 Å². The Bertz CT molecular complexity index is 1430. The Morgan fingerprint density at radius 3 is 2.56 bits per heavy atom. The molecule has 2 heterocycles. The lowest BCUT2D eigenvalue weighted by molar-refractivity contribution is -0.426. The van der Waals surface area contributed by atoms with Gasteiger partial charge in [-0.05, 0) is 18.6 Å². The van der Waals surface area contributed by atoms with Gasteiger partial charge in [0.25, 0.3) is 11.6 Å². The van der Waals surface area contributed by atoms with Gasteiger partial charge >= 0.3 is 5.97 Å². The summed E-state index contributed by atoms with van der Waals surface area (Å²) in [6.45, 7) is 1.40. The number of carboxylic acid groups (broad SMARTS) is 1. The summed E-state index contributed by atoms with van der Waals surface area (Å²) in [5.41, 5.74) is 0.264. The van der Waals surface area contributed by atoms with Crippen LogP contribution in [0.4, 0.5) is 19.5 Å². The first-order valence-corrected chi connectivity index (χ1v) is 10.8. The van der Waals surface area contributed by atoms with Gasteiger partial charge in [-0.2, -0.15) is 0 Å². The maximum absolute atomic E-state index is 14.5. The van der Waals surface area contributed by atoms with Crippen LogP contribution in [-0.2, 0) is 0 Å². The molecular formula is C21H14F2N3O4S2+. The number of aromatic carboxylic acids is 1. The van der Waals surface area contributed by atoms with Crippen LogP contribution < -0.4 is 5.32 Å². The third-order valence-electron chi connectivity index (χ3n) is 4.73. The van der Waals surface area contributed by atoms with Gasteiger partial charge in [-0.1, -0.05) is 18.2 Å². The quantitative estimate of drug-likeness (QED) is 0.367. The normalized spacial score (nSPS) is 11.0. The minimum absolute atomic E-state index is 0.0214. The first-order chi connectivity index (χ1) is 15.2. The van der Waals surface area contributed by atoms with Crippen LogP contribution in [0, 0.1) is 23.5 Å². The van der Waals surface area contributed by atoms with Crippen LogP contribution in [0.3, 0.4) is 0 Å². The molecule has 0 fully saturated rings. The van der Waals surface area contributed by atoms with E-state index < -0.39 is 23.5 Å². The summed E-state index contributed by atoms with van der Waals surface area (Å²) in [5, 5.41) is 13.5. The van der Waals surface area contributed by atoms with Crippen LogP contribution in [0.15, 0.2) is 35.7 Å². The fourth-order valence-corrected chi connectivity index (χ4v) is 5.10. The van der Waals surface area contributed by atoms with E-state index in [0.717, 1.165) is 22.7 Å². The highest BCUT2D eigenvalue weighted by molar-refractivity contribution is 7.21. The fraction of sp³-hybridized carbons (Fsp3) is 0.0952. The summed E-state index contributed by atoms with van der Waals surface area (Å²) in [7, 11) is 1.33. The first-order valence-electron chi connectivity index (χ1n) is 9.10. The van der Waals surface area contributed by atoms with Crippen LogP contribution in [0.25, 0.3) is 21.3 Å². The number of carbonyl (C=O) groups is 2. The van der Waals surface area contributed by atoms with Crippen molar-refractivity contribution in [2.75, 3.05) is 12.4 Å². The van der Waals surface area contributed by atoms with E-state index in [2.05, 4.69) is 10.3 Å². The summed E-state index contributed by atoms with van der Waals surface area (Å²) in [5.74, 6) is -4.32. The summed E-state index contributed by atoms with van der Waals surface area (Å²) in [6.07, 6.45) is 0. The highest BCUT2D eigenvalue weighted by atomic mass is 32.1. The third-order valence-corrected chi connectivity index (χ3v) is 6.71. The summed E-state index contributed by atoms with van der Waals surface area (Å²) < 4.78 is 29.6. The van der Waals surface area contributed by atoms with Gasteiger partial charge in [-0.15, -0.1) is 22.7 Å². The summed E-state index contributed by atoms with van der Waals surface area (Å²) in [4.78, 5) is 40.6. The Morgan fingerprint density at radius 2 is 1.88 bits per heavy atom. The highest BCUT2D eigenvalue weighted by Gasteiger charge is 2.26.